The molecule has 130 valence electrons. The van der Waals surface area contributed by atoms with Crippen molar-refractivity contribution < 1.29 is 22.8 Å². The van der Waals surface area contributed by atoms with Crippen molar-refractivity contribution in [2.45, 2.75) is 25.7 Å². The summed E-state index contributed by atoms with van der Waals surface area (Å²) in [4.78, 5) is 17.5. The average Bonchev–Trinajstić information content (AvgIpc) is 2.44. The molecule has 1 aromatic carbocycles. The van der Waals surface area contributed by atoms with Gasteiger partial charge in [0.05, 0.1) is 4.90 Å². The molecule has 23 heavy (non-hydrogen) atoms. The predicted octanol–water partition coefficient (Wildman–Crippen LogP) is 2.43. The highest BCUT2D eigenvalue weighted by Crippen LogP contribution is 2.20. The molecule has 1 rings (SSSR count). The van der Waals surface area contributed by atoms with E-state index in [1.165, 1.54) is 6.07 Å². The highest BCUT2D eigenvalue weighted by Gasteiger charge is 2.19. The summed E-state index contributed by atoms with van der Waals surface area (Å²) in [6.07, 6.45) is -1.11. The predicted molar refractivity (Wildman–Crippen MR) is 89.2 cm³/mol. The van der Waals surface area contributed by atoms with E-state index in [1.54, 1.807) is 23.1 Å². The van der Waals surface area contributed by atoms with Crippen LogP contribution in [-0.2, 0) is 19.6 Å². The zero-order chi connectivity index (χ0) is 17.5. The number of carbonyl (C=O) groups excluding carboxylic acids is 1. The fourth-order valence-corrected chi connectivity index (χ4v) is 3.27. The number of hydrogen-bond acceptors (Lipinski definition) is 6. The smallest absolute Gasteiger partial charge is 0.432 e. The molecule has 0 amide bonds. The van der Waals surface area contributed by atoms with E-state index in [4.69, 9.17) is 4.74 Å². The van der Waals surface area contributed by atoms with Gasteiger partial charge < -0.3 is 14.9 Å². The second-order valence-electron chi connectivity index (χ2n) is 5.96. The minimum absolute atomic E-state index is 0.0420. The topological polar surface area (TPSA) is 93.7 Å². The summed E-state index contributed by atoms with van der Waals surface area (Å²) in [6, 6.07) is 6.16. The molecule has 0 radical (unpaired) electrons. The third-order valence-corrected chi connectivity index (χ3v) is 4.71. The van der Waals surface area contributed by atoms with Crippen LogP contribution in [0, 0.1) is 5.41 Å². The minimum Gasteiger partial charge on any atom is -0.432 e. The van der Waals surface area contributed by atoms with Gasteiger partial charge in [0, 0.05) is 17.6 Å². The number of ether oxygens (including phenoxy) is 1. The molecular formula is C14H21BrN2O5S. The Morgan fingerprint density at radius 1 is 1.26 bits per heavy atom. The number of rotatable bonds is 7. The zero-order valence-corrected chi connectivity index (χ0v) is 15.7. The van der Waals surface area contributed by atoms with E-state index in [0.29, 0.717) is 11.0 Å². The molecule has 0 aliphatic carbocycles. The van der Waals surface area contributed by atoms with Crippen molar-refractivity contribution >= 4 is 32.1 Å². The summed E-state index contributed by atoms with van der Waals surface area (Å²) in [6.45, 7) is 7.51. The summed E-state index contributed by atoms with van der Waals surface area (Å²) in [7, 11) is -3.98. The summed E-state index contributed by atoms with van der Waals surface area (Å²) >= 11 is 3.12. The first-order chi connectivity index (χ1) is 10.6. The first-order valence-corrected chi connectivity index (χ1v) is 9.20. The normalized spacial score (nSPS) is 12.0. The van der Waals surface area contributed by atoms with Gasteiger partial charge in [-0.1, -0.05) is 32.9 Å². The number of halogens is 1. The van der Waals surface area contributed by atoms with Crippen LogP contribution >= 0.6 is 15.9 Å². The number of carbonyl (C=O) groups is 1. The van der Waals surface area contributed by atoms with Gasteiger partial charge in [0.15, 0.2) is 0 Å². The van der Waals surface area contributed by atoms with Crippen LogP contribution in [0.3, 0.4) is 0 Å². The maximum absolute atomic E-state index is 12.0. The zero-order valence-electron chi connectivity index (χ0n) is 13.3. The summed E-state index contributed by atoms with van der Waals surface area (Å²) in [5.74, 6) is 0. The summed E-state index contributed by atoms with van der Waals surface area (Å²) in [5.41, 5.74) is 0.124. The molecule has 0 atom stereocenters. The van der Waals surface area contributed by atoms with Gasteiger partial charge in [0.25, 0.3) is 10.0 Å². The molecule has 0 saturated heterocycles. The molecule has 0 aliphatic rings. The maximum Gasteiger partial charge on any atom is 0.528 e. The molecule has 0 unspecified atom stereocenters. The molecule has 0 fully saturated rings. The minimum atomic E-state index is -3.98. The van der Waals surface area contributed by atoms with Crippen LogP contribution in [0.25, 0.3) is 0 Å². The molecule has 0 heterocycles. The lowest BCUT2D eigenvalue weighted by Gasteiger charge is -2.18. The van der Waals surface area contributed by atoms with Crippen molar-refractivity contribution in [3.8, 4) is 0 Å². The molecule has 0 aromatic heterocycles. The number of sulfonamides is 1. The number of hydrogen-bond donors (Lipinski definition) is 2. The average molecular weight is 409 g/mol. The number of nitrogens with one attached hydrogen (secondary N) is 2. The Balaban J connectivity index is 2.35. The third-order valence-electron chi connectivity index (χ3n) is 2.51. The van der Waals surface area contributed by atoms with E-state index in [1.807, 2.05) is 0 Å². The molecular weight excluding hydrogens is 388 g/mol. The molecule has 0 bridgehead atoms. The van der Waals surface area contributed by atoms with Crippen molar-refractivity contribution in [2.24, 2.45) is 5.41 Å². The maximum atomic E-state index is 12.0. The van der Waals surface area contributed by atoms with Gasteiger partial charge >= 0.3 is 6.16 Å². The third kappa shape index (κ3) is 7.78. The van der Waals surface area contributed by atoms with Crippen molar-refractivity contribution in [3.63, 3.8) is 0 Å². The lowest BCUT2D eigenvalue weighted by atomic mass is 9.97. The van der Waals surface area contributed by atoms with Crippen LogP contribution in [0.1, 0.15) is 20.8 Å². The van der Waals surface area contributed by atoms with Crippen LogP contribution in [0.4, 0.5) is 4.79 Å². The van der Waals surface area contributed by atoms with Gasteiger partial charge in [-0.25, -0.2) is 13.2 Å². The van der Waals surface area contributed by atoms with E-state index in [2.05, 4.69) is 46.9 Å². The van der Waals surface area contributed by atoms with Gasteiger partial charge in [0.1, 0.15) is 6.61 Å². The lowest BCUT2D eigenvalue weighted by molar-refractivity contribution is 0.0397. The monoisotopic (exact) mass is 408 g/mol. The Bertz CT molecular complexity index is 628. The first-order valence-electron chi connectivity index (χ1n) is 6.92. The molecule has 1 aromatic rings. The molecule has 2 N–H and O–H groups in total. The van der Waals surface area contributed by atoms with Gasteiger partial charge in [-0.05, 0) is 38.4 Å². The van der Waals surface area contributed by atoms with E-state index in [0.717, 1.165) is 6.54 Å². The summed E-state index contributed by atoms with van der Waals surface area (Å²) in [5, 5.41) is 3.11. The fourth-order valence-electron chi connectivity index (χ4n) is 1.50. The van der Waals surface area contributed by atoms with Gasteiger partial charge in [-0.15, -0.1) is 0 Å². The van der Waals surface area contributed by atoms with Crippen molar-refractivity contribution in [1.82, 2.24) is 10.2 Å². The van der Waals surface area contributed by atoms with E-state index < -0.39 is 16.2 Å². The molecule has 0 spiro atoms. The van der Waals surface area contributed by atoms with E-state index in [9.17, 15) is 13.2 Å². The second kappa shape index (κ2) is 8.62. The SMILES string of the molecule is CC(C)(C)CNCCOC(=O)ONS(=O)(=O)c1ccccc1Br. The Morgan fingerprint density at radius 2 is 1.91 bits per heavy atom. The van der Waals surface area contributed by atoms with Crippen LogP contribution in [0.5, 0.6) is 0 Å². The molecule has 9 heteroatoms. The van der Waals surface area contributed by atoms with Gasteiger partial charge in [0.2, 0.25) is 0 Å². The first kappa shape index (κ1) is 19.9. The largest absolute Gasteiger partial charge is 0.528 e. The molecule has 0 aliphatic heterocycles. The Labute approximate surface area is 144 Å². The van der Waals surface area contributed by atoms with Crippen LogP contribution < -0.4 is 10.2 Å². The van der Waals surface area contributed by atoms with Crippen LogP contribution in [0.2, 0.25) is 0 Å². The quantitative estimate of drug-likeness (QED) is 0.408. The highest BCUT2D eigenvalue weighted by atomic mass is 79.9. The standard InChI is InChI=1S/C14H21BrN2O5S/c1-14(2,3)10-16-8-9-21-13(18)22-17-23(19,20)12-7-5-4-6-11(12)15/h4-7,16-17H,8-10H2,1-3H3. The Hall–Kier alpha value is -1.16. The Morgan fingerprint density at radius 3 is 2.52 bits per heavy atom. The number of benzene rings is 1. The highest BCUT2D eigenvalue weighted by molar-refractivity contribution is 9.10. The lowest BCUT2D eigenvalue weighted by Crippen LogP contribution is -2.32. The van der Waals surface area contributed by atoms with Crippen molar-refractivity contribution in [3.05, 3.63) is 28.7 Å². The summed E-state index contributed by atoms with van der Waals surface area (Å²) < 4.78 is 29.0. The van der Waals surface area contributed by atoms with Crippen molar-refractivity contribution in [1.29, 1.82) is 0 Å². The van der Waals surface area contributed by atoms with E-state index in [-0.39, 0.29) is 16.9 Å². The van der Waals surface area contributed by atoms with Crippen LogP contribution in [0.15, 0.2) is 33.6 Å². The molecule has 7 nitrogen and oxygen atoms in total. The van der Waals surface area contributed by atoms with Crippen LogP contribution in [-0.4, -0.2) is 34.3 Å². The molecule has 0 saturated carbocycles. The van der Waals surface area contributed by atoms with Gasteiger partial charge in [-0.3, -0.25) is 0 Å². The van der Waals surface area contributed by atoms with E-state index >= 15 is 0 Å². The van der Waals surface area contributed by atoms with Crippen molar-refractivity contribution in [2.75, 3.05) is 19.7 Å². The second-order valence-corrected chi connectivity index (χ2v) is 8.42. The Kier molecular flexibility index (Phi) is 7.46. The van der Waals surface area contributed by atoms with Gasteiger partial charge in [-0.2, -0.15) is 0 Å². The fraction of sp³-hybridized carbons (Fsp3) is 0.500.